The lowest BCUT2D eigenvalue weighted by atomic mass is 10.2. The summed E-state index contributed by atoms with van der Waals surface area (Å²) in [5.74, 6) is 1.23. The van der Waals surface area contributed by atoms with Crippen LogP contribution in [0.4, 0.5) is 0 Å². The smallest absolute Gasteiger partial charge is 0.271 e. The van der Waals surface area contributed by atoms with Crippen molar-refractivity contribution in [3.05, 3.63) is 77.6 Å². The Morgan fingerprint density at radius 1 is 1.00 bits per heavy atom. The van der Waals surface area contributed by atoms with Gasteiger partial charge in [0.25, 0.3) is 5.91 Å². The van der Waals surface area contributed by atoms with E-state index in [2.05, 4.69) is 10.5 Å². The third-order valence-electron chi connectivity index (χ3n) is 4.12. The maximum Gasteiger partial charge on any atom is 0.271 e. The Bertz CT molecular complexity index is 942. The number of aromatic nitrogens is 1. The van der Waals surface area contributed by atoms with Gasteiger partial charge in [0, 0.05) is 28.7 Å². The molecular formula is C21H21N3O3. The number of amides is 1. The largest absolute Gasteiger partial charge is 0.497 e. The fourth-order valence-electron chi connectivity index (χ4n) is 2.66. The van der Waals surface area contributed by atoms with Crippen molar-refractivity contribution in [2.45, 2.75) is 6.92 Å². The topological polar surface area (TPSA) is 64.8 Å². The van der Waals surface area contributed by atoms with Crippen molar-refractivity contribution >= 4 is 12.1 Å². The minimum Gasteiger partial charge on any atom is -0.497 e. The van der Waals surface area contributed by atoms with Crippen LogP contribution >= 0.6 is 0 Å². The molecule has 1 aromatic heterocycles. The van der Waals surface area contributed by atoms with Gasteiger partial charge in [-0.1, -0.05) is 0 Å². The monoisotopic (exact) mass is 363 g/mol. The van der Waals surface area contributed by atoms with Gasteiger partial charge in [-0.3, -0.25) is 4.79 Å². The molecule has 0 aliphatic carbocycles. The zero-order chi connectivity index (χ0) is 19.2. The van der Waals surface area contributed by atoms with Gasteiger partial charge in [-0.2, -0.15) is 5.10 Å². The summed E-state index contributed by atoms with van der Waals surface area (Å²) in [5.41, 5.74) is 6.02. The lowest BCUT2D eigenvalue weighted by Gasteiger charge is -2.06. The van der Waals surface area contributed by atoms with Gasteiger partial charge in [0.05, 0.1) is 20.4 Å². The van der Waals surface area contributed by atoms with Crippen molar-refractivity contribution in [3.63, 3.8) is 0 Å². The van der Waals surface area contributed by atoms with E-state index in [0.717, 1.165) is 22.7 Å². The molecule has 0 radical (unpaired) electrons. The molecule has 0 aliphatic heterocycles. The van der Waals surface area contributed by atoms with Gasteiger partial charge in [-0.15, -0.1) is 0 Å². The first-order chi connectivity index (χ1) is 13.1. The molecule has 0 aliphatic rings. The fourth-order valence-corrected chi connectivity index (χ4v) is 2.66. The van der Waals surface area contributed by atoms with Crippen LogP contribution in [0.1, 0.15) is 21.6 Å². The lowest BCUT2D eigenvalue weighted by Crippen LogP contribution is -2.17. The number of carbonyl (C=O) groups is 1. The van der Waals surface area contributed by atoms with Crippen LogP contribution in [-0.4, -0.2) is 30.9 Å². The van der Waals surface area contributed by atoms with E-state index in [-0.39, 0.29) is 5.91 Å². The van der Waals surface area contributed by atoms with E-state index in [1.54, 1.807) is 44.7 Å². The summed E-state index contributed by atoms with van der Waals surface area (Å²) >= 11 is 0. The average molecular weight is 363 g/mol. The molecule has 138 valence electrons. The second-order valence-electron chi connectivity index (χ2n) is 5.91. The summed E-state index contributed by atoms with van der Waals surface area (Å²) in [7, 11) is 3.23. The molecule has 0 saturated heterocycles. The highest BCUT2D eigenvalue weighted by Gasteiger charge is 2.05. The van der Waals surface area contributed by atoms with Crippen molar-refractivity contribution in [1.29, 1.82) is 0 Å². The quantitative estimate of drug-likeness (QED) is 0.538. The molecule has 3 rings (SSSR count). The molecule has 0 atom stereocenters. The number of methoxy groups -OCH3 is 2. The van der Waals surface area contributed by atoms with E-state index >= 15 is 0 Å². The number of benzene rings is 2. The maximum atomic E-state index is 12.1. The predicted molar refractivity (Wildman–Crippen MR) is 105 cm³/mol. The molecule has 1 heterocycles. The standard InChI is InChI=1S/C21H21N3O3/c1-15-12-16(14-24(15)18-6-10-20(27-3)11-7-18)13-22-23-21(25)17-4-8-19(26-2)9-5-17/h4-14H,1-3H3,(H,23,25)/b22-13-. The molecule has 2 aromatic carbocycles. The average Bonchev–Trinajstić information content (AvgIpc) is 3.08. The van der Waals surface area contributed by atoms with Gasteiger partial charge in [-0.05, 0) is 61.5 Å². The molecular weight excluding hydrogens is 342 g/mol. The maximum absolute atomic E-state index is 12.1. The van der Waals surface area contributed by atoms with Gasteiger partial charge >= 0.3 is 0 Å². The lowest BCUT2D eigenvalue weighted by molar-refractivity contribution is 0.0955. The molecule has 0 bridgehead atoms. The first-order valence-electron chi connectivity index (χ1n) is 8.41. The second-order valence-corrected chi connectivity index (χ2v) is 5.91. The van der Waals surface area contributed by atoms with Crippen LogP contribution in [0, 0.1) is 6.92 Å². The molecule has 0 fully saturated rings. The zero-order valence-corrected chi connectivity index (χ0v) is 15.5. The minimum atomic E-state index is -0.278. The summed E-state index contributed by atoms with van der Waals surface area (Å²) in [6.07, 6.45) is 3.58. The van der Waals surface area contributed by atoms with E-state index in [4.69, 9.17) is 9.47 Å². The number of nitrogens with zero attached hydrogens (tertiary/aromatic N) is 2. The molecule has 27 heavy (non-hydrogen) atoms. The number of nitrogens with one attached hydrogen (secondary N) is 1. The van der Waals surface area contributed by atoms with Crippen LogP contribution < -0.4 is 14.9 Å². The Morgan fingerprint density at radius 3 is 2.19 bits per heavy atom. The van der Waals surface area contributed by atoms with Gasteiger partial charge in [0.2, 0.25) is 0 Å². The third-order valence-corrected chi connectivity index (χ3v) is 4.12. The third kappa shape index (κ3) is 4.36. The molecule has 1 amide bonds. The van der Waals surface area contributed by atoms with E-state index in [1.165, 1.54) is 0 Å². The molecule has 0 saturated carbocycles. The highest BCUT2D eigenvalue weighted by Crippen LogP contribution is 2.18. The van der Waals surface area contributed by atoms with Crippen molar-refractivity contribution in [1.82, 2.24) is 9.99 Å². The number of aryl methyl sites for hydroxylation is 1. The number of ether oxygens (including phenoxy) is 2. The molecule has 0 spiro atoms. The van der Waals surface area contributed by atoms with Crippen LogP contribution in [0.15, 0.2) is 65.9 Å². The van der Waals surface area contributed by atoms with Crippen molar-refractivity contribution in [2.24, 2.45) is 5.10 Å². The van der Waals surface area contributed by atoms with Gasteiger partial charge in [-0.25, -0.2) is 5.43 Å². The van der Waals surface area contributed by atoms with Gasteiger partial charge < -0.3 is 14.0 Å². The second kappa shape index (κ2) is 8.23. The summed E-state index contributed by atoms with van der Waals surface area (Å²) in [5, 5.41) is 4.05. The van der Waals surface area contributed by atoms with Gasteiger partial charge in [0.15, 0.2) is 0 Å². The van der Waals surface area contributed by atoms with Gasteiger partial charge in [0.1, 0.15) is 11.5 Å². The SMILES string of the molecule is COc1ccc(C(=O)N/N=C\c2cc(C)n(-c3ccc(OC)cc3)c2)cc1. The summed E-state index contributed by atoms with van der Waals surface area (Å²) in [6, 6.07) is 16.6. The van der Waals surface area contributed by atoms with E-state index in [9.17, 15) is 4.79 Å². The Morgan fingerprint density at radius 2 is 1.59 bits per heavy atom. The summed E-state index contributed by atoms with van der Waals surface area (Å²) in [4.78, 5) is 12.1. The Balaban J connectivity index is 1.67. The van der Waals surface area contributed by atoms with E-state index in [0.29, 0.717) is 11.3 Å². The molecule has 6 heteroatoms. The predicted octanol–water partition coefficient (Wildman–Crippen LogP) is 3.57. The molecule has 3 aromatic rings. The van der Waals surface area contributed by atoms with Crippen LogP contribution in [0.25, 0.3) is 5.69 Å². The number of carbonyl (C=O) groups excluding carboxylic acids is 1. The number of hydrazone groups is 1. The van der Waals surface area contributed by atoms with Crippen molar-refractivity contribution in [2.75, 3.05) is 14.2 Å². The molecule has 1 N–H and O–H groups in total. The highest BCUT2D eigenvalue weighted by molar-refractivity contribution is 5.95. The van der Waals surface area contributed by atoms with Crippen LogP contribution in [0.5, 0.6) is 11.5 Å². The minimum absolute atomic E-state index is 0.278. The van der Waals surface area contributed by atoms with Crippen molar-refractivity contribution < 1.29 is 14.3 Å². The van der Waals surface area contributed by atoms with E-state index in [1.807, 2.05) is 48.0 Å². The van der Waals surface area contributed by atoms with Crippen molar-refractivity contribution in [3.8, 4) is 17.2 Å². The molecule has 0 unspecified atom stereocenters. The number of hydrogen-bond acceptors (Lipinski definition) is 4. The Kier molecular flexibility index (Phi) is 5.56. The highest BCUT2D eigenvalue weighted by atomic mass is 16.5. The Hall–Kier alpha value is -3.54. The Labute approximate surface area is 158 Å². The van der Waals surface area contributed by atoms with E-state index < -0.39 is 0 Å². The van der Waals surface area contributed by atoms with Crippen LogP contribution in [0.3, 0.4) is 0 Å². The fraction of sp³-hybridized carbons (Fsp3) is 0.143. The summed E-state index contributed by atoms with van der Waals surface area (Å²) < 4.78 is 12.3. The number of hydrogen-bond donors (Lipinski definition) is 1. The first-order valence-corrected chi connectivity index (χ1v) is 8.41. The number of rotatable bonds is 6. The normalized spacial score (nSPS) is 10.8. The first kappa shape index (κ1) is 18.3. The summed E-state index contributed by atoms with van der Waals surface area (Å²) in [6.45, 7) is 2.01. The van der Waals surface area contributed by atoms with Crippen LogP contribution in [-0.2, 0) is 0 Å². The van der Waals surface area contributed by atoms with Crippen LogP contribution in [0.2, 0.25) is 0 Å². The molecule has 6 nitrogen and oxygen atoms in total. The zero-order valence-electron chi connectivity index (χ0n) is 15.5.